The summed E-state index contributed by atoms with van der Waals surface area (Å²) >= 11 is 0. The van der Waals surface area contributed by atoms with Crippen LogP contribution in [0.1, 0.15) is 42.9 Å². The first kappa shape index (κ1) is 16.2. The van der Waals surface area contributed by atoms with Crippen molar-refractivity contribution in [2.45, 2.75) is 37.7 Å². The minimum atomic E-state index is -1.12. The van der Waals surface area contributed by atoms with Crippen LogP contribution in [0.3, 0.4) is 0 Å². The quantitative estimate of drug-likeness (QED) is 0.889. The summed E-state index contributed by atoms with van der Waals surface area (Å²) in [6.07, 6.45) is 6.92. The fraction of sp³-hybridized carbons (Fsp3) is 0.526. The van der Waals surface area contributed by atoms with Gasteiger partial charge in [0, 0.05) is 18.9 Å². The second-order valence-electron chi connectivity index (χ2n) is 6.80. The molecule has 23 heavy (non-hydrogen) atoms. The molecule has 2 aromatic rings. The number of hydrogen-bond donors (Lipinski definition) is 1. The third-order valence-corrected chi connectivity index (χ3v) is 4.84. The highest BCUT2D eigenvalue weighted by Crippen LogP contribution is 2.44. The third-order valence-electron chi connectivity index (χ3n) is 4.84. The van der Waals surface area contributed by atoms with Gasteiger partial charge in [0.25, 0.3) is 0 Å². The number of aliphatic hydroxyl groups is 1. The van der Waals surface area contributed by atoms with E-state index in [-0.39, 0.29) is 5.92 Å². The predicted octanol–water partition coefficient (Wildman–Crippen LogP) is 3.20. The molecule has 4 nitrogen and oxygen atoms in total. The van der Waals surface area contributed by atoms with Crippen molar-refractivity contribution in [2.75, 3.05) is 20.6 Å². The van der Waals surface area contributed by atoms with Gasteiger partial charge in [0.1, 0.15) is 5.76 Å². The predicted molar refractivity (Wildman–Crippen MR) is 90.2 cm³/mol. The van der Waals surface area contributed by atoms with Crippen molar-refractivity contribution in [3.8, 4) is 0 Å². The first-order valence-electron chi connectivity index (χ1n) is 8.48. The molecule has 0 radical (unpaired) electrons. The Morgan fingerprint density at radius 2 is 1.91 bits per heavy atom. The fourth-order valence-corrected chi connectivity index (χ4v) is 3.50. The molecule has 4 heteroatoms. The SMILES string of the molecule is CN(C)CCc1cnc(C(O)(c2ccccc2)C2CCCC2)o1. The molecule has 1 aliphatic rings. The Morgan fingerprint density at radius 3 is 2.57 bits per heavy atom. The molecule has 1 atom stereocenters. The van der Waals surface area contributed by atoms with Crippen LogP contribution in [-0.4, -0.2) is 35.6 Å². The molecule has 0 saturated heterocycles. The van der Waals surface area contributed by atoms with E-state index in [4.69, 9.17) is 4.42 Å². The van der Waals surface area contributed by atoms with Crippen molar-refractivity contribution in [2.24, 2.45) is 5.92 Å². The van der Waals surface area contributed by atoms with Gasteiger partial charge >= 0.3 is 0 Å². The Labute approximate surface area is 138 Å². The van der Waals surface area contributed by atoms with Crippen molar-refractivity contribution in [3.63, 3.8) is 0 Å². The minimum Gasteiger partial charge on any atom is -0.442 e. The maximum Gasteiger partial charge on any atom is 0.231 e. The summed E-state index contributed by atoms with van der Waals surface area (Å²) in [6, 6.07) is 9.84. The Balaban J connectivity index is 1.92. The standard InChI is InChI=1S/C19H26N2O2/c1-21(2)13-12-17-14-20-18(23-17)19(22,16-10-6-7-11-16)15-8-4-3-5-9-15/h3-5,8-9,14,16,22H,6-7,10-13H2,1-2H3. The van der Waals surface area contributed by atoms with Crippen LogP contribution in [0.5, 0.6) is 0 Å². The topological polar surface area (TPSA) is 49.5 Å². The molecule has 1 fully saturated rings. The number of aromatic nitrogens is 1. The van der Waals surface area contributed by atoms with E-state index in [1.807, 2.05) is 44.4 Å². The van der Waals surface area contributed by atoms with E-state index in [2.05, 4.69) is 9.88 Å². The van der Waals surface area contributed by atoms with Gasteiger partial charge in [0.2, 0.25) is 5.89 Å². The molecule has 1 aromatic carbocycles. The van der Waals surface area contributed by atoms with Gasteiger partial charge in [-0.1, -0.05) is 43.2 Å². The average molecular weight is 314 g/mol. The van der Waals surface area contributed by atoms with E-state index in [1.165, 1.54) is 0 Å². The zero-order valence-electron chi connectivity index (χ0n) is 14.0. The van der Waals surface area contributed by atoms with Crippen molar-refractivity contribution in [3.05, 3.63) is 53.7 Å². The molecule has 1 aliphatic carbocycles. The molecule has 3 rings (SSSR count). The first-order chi connectivity index (χ1) is 11.1. The van der Waals surface area contributed by atoms with Gasteiger partial charge in [0.05, 0.1) is 6.20 Å². The third kappa shape index (κ3) is 3.33. The van der Waals surface area contributed by atoms with Gasteiger partial charge in [0.15, 0.2) is 5.60 Å². The second kappa shape index (κ2) is 6.85. The van der Waals surface area contributed by atoms with E-state index in [0.717, 1.165) is 50.0 Å². The smallest absolute Gasteiger partial charge is 0.231 e. The van der Waals surface area contributed by atoms with Gasteiger partial charge in [-0.3, -0.25) is 0 Å². The number of nitrogens with zero attached hydrogens (tertiary/aromatic N) is 2. The number of hydrogen-bond acceptors (Lipinski definition) is 4. The summed E-state index contributed by atoms with van der Waals surface area (Å²) < 4.78 is 5.98. The summed E-state index contributed by atoms with van der Waals surface area (Å²) in [5.74, 6) is 1.45. The van der Waals surface area contributed by atoms with Crippen LogP contribution in [0.25, 0.3) is 0 Å². The molecule has 0 amide bonds. The monoisotopic (exact) mass is 314 g/mol. The number of benzene rings is 1. The Kier molecular flexibility index (Phi) is 4.83. The van der Waals surface area contributed by atoms with Crippen LogP contribution in [0.2, 0.25) is 0 Å². The second-order valence-corrected chi connectivity index (χ2v) is 6.80. The van der Waals surface area contributed by atoms with E-state index in [0.29, 0.717) is 5.89 Å². The number of rotatable bonds is 6. The first-order valence-corrected chi connectivity index (χ1v) is 8.48. The zero-order valence-corrected chi connectivity index (χ0v) is 14.0. The van der Waals surface area contributed by atoms with Gasteiger partial charge in [-0.15, -0.1) is 0 Å². The van der Waals surface area contributed by atoms with Crippen LogP contribution in [0.4, 0.5) is 0 Å². The Hall–Kier alpha value is -1.65. The minimum absolute atomic E-state index is 0.172. The van der Waals surface area contributed by atoms with E-state index in [9.17, 15) is 5.11 Å². The highest BCUT2D eigenvalue weighted by molar-refractivity contribution is 5.30. The summed E-state index contributed by atoms with van der Waals surface area (Å²) in [6.45, 7) is 0.905. The van der Waals surface area contributed by atoms with Crippen LogP contribution in [0, 0.1) is 5.92 Å². The average Bonchev–Trinajstić information content (AvgIpc) is 3.25. The number of likely N-dealkylation sites (N-methyl/N-ethyl adjacent to an activating group) is 1. The summed E-state index contributed by atoms with van der Waals surface area (Å²) in [5.41, 5.74) is -0.235. The van der Waals surface area contributed by atoms with E-state index < -0.39 is 5.60 Å². The lowest BCUT2D eigenvalue weighted by atomic mass is 9.80. The van der Waals surface area contributed by atoms with Crippen molar-refractivity contribution in [1.29, 1.82) is 0 Å². The highest BCUT2D eigenvalue weighted by atomic mass is 16.4. The highest BCUT2D eigenvalue weighted by Gasteiger charge is 2.45. The fourth-order valence-electron chi connectivity index (χ4n) is 3.50. The molecule has 0 bridgehead atoms. The molecule has 1 saturated carbocycles. The van der Waals surface area contributed by atoms with Crippen molar-refractivity contribution in [1.82, 2.24) is 9.88 Å². The van der Waals surface area contributed by atoms with E-state index >= 15 is 0 Å². The normalized spacial score (nSPS) is 18.4. The van der Waals surface area contributed by atoms with Gasteiger partial charge in [-0.25, -0.2) is 4.98 Å². The number of oxazole rings is 1. The molecule has 1 heterocycles. The molecule has 1 N–H and O–H groups in total. The molecular weight excluding hydrogens is 288 g/mol. The zero-order chi connectivity index (χ0) is 16.3. The molecule has 0 spiro atoms. The van der Waals surface area contributed by atoms with Crippen LogP contribution < -0.4 is 0 Å². The molecule has 0 aliphatic heterocycles. The molecule has 1 aromatic heterocycles. The summed E-state index contributed by atoms with van der Waals surface area (Å²) in [5, 5.41) is 11.6. The van der Waals surface area contributed by atoms with Gasteiger partial charge < -0.3 is 14.4 Å². The lowest BCUT2D eigenvalue weighted by Crippen LogP contribution is -2.35. The van der Waals surface area contributed by atoms with Crippen molar-refractivity contribution >= 4 is 0 Å². The van der Waals surface area contributed by atoms with E-state index in [1.54, 1.807) is 6.20 Å². The lowest BCUT2D eigenvalue weighted by Gasteiger charge is -2.31. The van der Waals surface area contributed by atoms with Crippen LogP contribution in [0.15, 0.2) is 40.9 Å². The molecule has 124 valence electrons. The Morgan fingerprint density at radius 1 is 1.22 bits per heavy atom. The summed E-state index contributed by atoms with van der Waals surface area (Å²) in [4.78, 5) is 6.57. The lowest BCUT2D eigenvalue weighted by molar-refractivity contribution is -0.00683. The maximum atomic E-state index is 11.6. The summed E-state index contributed by atoms with van der Waals surface area (Å²) in [7, 11) is 4.08. The van der Waals surface area contributed by atoms with Gasteiger partial charge in [-0.2, -0.15) is 0 Å². The molecular formula is C19H26N2O2. The van der Waals surface area contributed by atoms with Crippen LogP contribution >= 0.6 is 0 Å². The molecule has 1 unspecified atom stereocenters. The van der Waals surface area contributed by atoms with Crippen LogP contribution in [-0.2, 0) is 12.0 Å². The largest absolute Gasteiger partial charge is 0.442 e. The Bertz CT molecular complexity index is 617. The van der Waals surface area contributed by atoms with Crippen molar-refractivity contribution < 1.29 is 9.52 Å². The van der Waals surface area contributed by atoms with Gasteiger partial charge in [-0.05, 0) is 32.5 Å². The maximum absolute atomic E-state index is 11.6.